The molecule has 2 aromatic rings. The molecule has 0 radical (unpaired) electrons. The van der Waals surface area contributed by atoms with Crippen molar-refractivity contribution in [3.05, 3.63) is 64.1 Å². The van der Waals surface area contributed by atoms with Crippen LogP contribution < -0.4 is 10.2 Å². The van der Waals surface area contributed by atoms with Gasteiger partial charge in [-0.1, -0.05) is 28.1 Å². The van der Waals surface area contributed by atoms with E-state index in [0.717, 1.165) is 15.7 Å². The van der Waals surface area contributed by atoms with E-state index in [-0.39, 0.29) is 24.2 Å². The highest BCUT2D eigenvalue weighted by Crippen LogP contribution is 2.26. The topological polar surface area (TPSA) is 75.7 Å². The summed E-state index contributed by atoms with van der Waals surface area (Å²) in [5, 5.41) is 2.86. The number of halogens is 1. The number of esters is 1. The van der Waals surface area contributed by atoms with Crippen molar-refractivity contribution in [2.45, 2.75) is 13.0 Å². The maximum Gasteiger partial charge on any atom is 0.337 e. The van der Waals surface area contributed by atoms with Crippen molar-refractivity contribution in [2.24, 2.45) is 5.92 Å². The fraction of sp³-hybridized carbons (Fsp3) is 0.250. The highest BCUT2D eigenvalue weighted by Gasteiger charge is 2.34. The van der Waals surface area contributed by atoms with Gasteiger partial charge in [0.2, 0.25) is 11.8 Å². The van der Waals surface area contributed by atoms with E-state index in [0.29, 0.717) is 18.7 Å². The number of carbonyl (C=O) groups is 3. The molecule has 6 nitrogen and oxygen atoms in total. The Labute approximate surface area is 165 Å². The number of hydrogen-bond donors (Lipinski definition) is 1. The average molecular weight is 431 g/mol. The fourth-order valence-electron chi connectivity index (χ4n) is 2.96. The Hall–Kier alpha value is -2.67. The first kappa shape index (κ1) is 19.1. The van der Waals surface area contributed by atoms with Gasteiger partial charge in [0.15, 0.2) is 0 Å². The molecular weight excluding hydrogens is 412 g/mol. The summed E-state index contributed by atoms with van der Waals surface area (Å²) in [5.74, 6) is -0.988. The van der Waals surface area contributed by atoms with Gasteiger partial charge in [0.1, 0.15) is 0 Å². The van der Waals surface area contributed by atoms with Crippen molar-refractivity contribution in [3.8, 4) is 0 Å². The van der Waals surface area contributed by atoms with Crippen LogP contribution in [0.15, 0.2) is 53.0 Å². The van der Waals surface area contributed by atoms with E-state index in [1.54, 1.807) is 29.2 Å². The van der Waals surface area contributed by atoms with Crippen LogP contribution in [0.4, 0.5) is 5.69 Å². The second-order valence-corrected chi connectivity index (χ2v) is 7.20. The molecule has 0 bridgehead atoms. The standard InChI is InChI=1S/C20H19BrN2O4/c1-27-20(26)14-4-2-13(3-5-14)11-22-19(25)15-10-18(24)23(12-15)17-8-6-16(21)7-9-17/h2-9,15H,10-12H2,1H3,(H,22,25)/t15-/m1/s1. The number of nitrogens with one attached hydrogen (secondary N) is 1. The van der Waals surface area contributed by atoms with Gasteiger partial charge in [-0.25, -0.2) is 4.79 Å². The molecule has 2 amide bonds. The Morgan fingerprint density at radius 3 is 2.44 bits per heavy atom. The summed E-state index contributed by atoms with van der Waals surface area (Å²) >= 11 is 3.37. The average Bonchev–Trinajstić information content (AvgIpc) is 3.08. The maximum atomic E-state index is 12.4. The van der Waals surface area contributed by atoms with Crippen LogP contribution in [-0.2, 0) is 20.9 Å². The van der Waals surface area contributed by atoms with Crippen LogP contribution in [0.3, 0.4) is 0 Å². The van der Waals surface area contributed by atoms with E-state index in [4.69, 9.17) is 0 Å². The van der Waals surface area contributed by atoms with Crippen LogP contribution in [0.1, 0.15) is 22.3 Å². The van der Waals surface area contributed by atoms with E-state index in [1.807, 2.05) is 24.3 Å². The van der Waals surface area contributed by atoms with Gasteiger partial charge in [-0.2, -0.15) is 0 Å². The minimum Gasteiger partial charge on any atom is -0.465 e. The largest absolute Gasteiger partial charge is 0.465 e. The number of methoxy groups -OCH3 is 1. The number of carbonyl (C=O) groups excluding carboxylic acids is 3. The number of benzene rings is 2. The van der Waals surface area contributed by atoms with Crippen LogP contribution in [0.25, 0.3) is 0 Å². The van der Waals surface area contributed by atoms with E-state index in [9.17, 15) is 14.4 Å². The molecule has 1 heterocycles. The minimum absolute atomic E-state index is 0.0556. The monoisotopic (exact) mass is 430 g/mol. The van der Waals surface area contributed by atoms with Crippen LogP contribution >= 0.6 is 15.9 Å². The molecule has 1 fully saturated rings. The van der Waals surface area contributed by atoms with Gasteiger partial charge in [-0.05, 0) is 42.0 Å². The SMILES string of the molecule is COC(=O)c1ccc(CNC(=O)[C@@H]2CC(=O)N(c3ccc(Br)cc3)C2)cc1. The predicted octanol–water partition coefficient (Wildman–Crippen LogP) is 2.91. The summed E-state index contributed by atoms with van der Waals surface area (Å²) in [5.41, 5.74) is 2.11. The highest BCUT2D eigenvalue weighted by atomic mass is 79.9. The molecule has 1 atom stereocenters. The molecule has 0 aliphatic carbocycles. The third-order valence-corrected chi connectivity index (χ3v) is 5.00. The first-order valence-corrected chi connectivity index (χ1v) is 9.28. The van der Waals surface area contributed by atoms with Crippen molar-refractivity contribution in [2.75, 3.05) is 18.6 Å². The third-order valence-electron chi connectivity index (χ3n) is 4.48. The molecule has 140 valence electrons. The Morgan fingerprint density at radius 2 is 1.81 bits per heavy atom. The quantitative estimate of drug-likeness (QED) is 0.739. The number of rotatable bonds is 5. The molecule has 3 rings (SSSR count). The summed E-state index contributed by atoms with van der Waals surface area (Å²) in [6.45, 7) is 0.705. The van der Waals surface area contributed by atoms with Crippen molar-refractivity contribution in [1.29, 1.82) is 0 Å². The normalized spacial score (nSPS) is 16.3. The third kappa shape index (κ3) is 4.54. The van der Waals surface area contributed by atoms with E-state index < -0.39 is 5.97 Å². The molecule has 2 aromatic carbocycles. The zero-order chi connectivity index (χ0) is 19.4. The number of anilines is 1. The van der Waals surface area contributed by atoms with Crippen LogP contribution in [0.2, 0.25) is 0 Å². The van der Waals surface area contributed by atoms with Crippen LogP contribution in [0.5, 0.6) is 0 Å². The summed E-state index contributed by atoms with van der Waals surface area (Å²) in [6, 6.07) is 14.3. The molecule has 7 heteroatoms. The number of amides is 2. The maximum absolute atomic E-state index is 12.4. The molecule has 1 aliphatic heterocycles. The lowest BCUT2D eigenvalue weighted by Gasteiger charge is -2.16. The van der Waals surface area contributed by atoms with Crippen molar-refractivity contribution in [3.63, 3.8) is 0 Å². The predicted molar refractivity (Wildman–Crippen MR) is 104 cm³/mol. The molecule has 1 N–H and O–H groups in total. The smallest absolute Gasteiger partial charge is 0.337 e. The van der Waals surface area contributed by atoms with Crippen LogP contribution in [-0.4, -0.2) is 31.4 Å². The lowest BCUT2D eigenvalue weighted by molar-refractivity contribution is -0.126. The molecule has 0 spiro atoms. The van der Waals surface area contributed by atoms with Gasteiger partial charge in [0, 0.05) is 29.7 Å². The van der Waals surface area contributed by atoms with Crippen LogP contribution in [0, 0.1) is 5.92 Å². The lowest BCUT2D eigenvalue weighted by atomic mass is 10.1. The first-order valence-electron chi connectivity index (χ1n) is 8.49. The molecule has 0 saturated carbocycles. The second kappa shape index (κ2) is 8.35. The van der Waals surface area contributed by atoms with Crippen molar-refractivity contribution in [1.82, 2.24) is 5.32 Å². The van der Waals surface area contributed by atoms with E-state index >= 15 is 0 Å². The van der Waals surface area contributed by atoms with Crippen molar-refractivity contribution >= 4 is 39.4 Å². The molecular formula is C20H19BrN2O4. The zero-order valence-corrected chi connectivity index (χ0v) is 16.4. The van der Waals surface area contributed by atoms with Gasteiger partial charge in [0.25, 0.3) is 0 Å². The number of hydrogen-bond acceptors (Lipinski definition) is 4. The number of ether oxygens (including phenoxy) is 1. The van der Waals surface area contributed by atoms with Gasteiger partial charge < -0.3 is 15.0 Å². The fourth-order valence-corrected chi connectivity index (χ4v) is 3.23. The van der Waals surface area contributed by atoms with Crippen molar-refractivity contribution < 1.29 is 19.1 Å². The summed E-state index contributed by atoms with van der Waals surface area (Å²) < 4.78 is 5.59. The van der Waals surface area contributed by atoms with E-state index in [2.05, 4.69) is 26.0 Å². The molecule has 1 aliphatic rings. The molecule has 0 unspecified atom stereocenters. The van der Waals surface area contributed by atoms with Gasteiger partial charge in [-0.3, -0.25) is 9.59 Å². The van der Waals surface area contributed by atoms with Gasteiger partial charge in [0.05, 0.1) is 18.6 Å². The summed E-state index contributed by atoms with van der Waals surface area (Å²) in [7, 11) is 1.33. The Balaban J connectivity index is 1.56. The van der Waals surface area contributed by atoms with Gasteiger partial charge >= 0.3 is 5.97 Å². The Morgan fingerprint density at radius 1 is 1.15 bits per heavy atom. The molecule has 0 aromatic heterocycles. The highest BCUT2D eigenvalue weighted by molar-refractivity contribution is 9.10. The summed E-state index contributed by atoms with van der Waals surface area (Å²) in [4.78, 5) is 37.8. The minimum atomic E-state index is -0.400. The lowest BCUT2D eigenvalue weighted by Crippen LogP contribution is -2.32. The Bertz CT molecular complexity index is 849. The Kier molecular flexibility index (Phi) is 5.91. The van der Waals surface area contributed by atoms with Gasteiger partial charge in [-0.15, -0.1) is 0 Å². The first-order chi connectivity index (χ1) is 13.0. The molecule has 27 heavy (non-hydrogen) atoms. The molecule has 1 saturated heterocycles. The zero-order valence-electron chi connectivity index (χ0n) is 14.8. The van der Waals surface area contributed by atoms with E-state index in [1.165, 1.54) is 7.11 Å². The summed E-state index contributed by atoms with van der Waals surface area (Å²) in [6.07, 6.45) is 0.198. The second-order valence-electron chi connectivity index (χ2n) is 6.29. The number of nitrogens with zero attached hydrogens (tertiary/aromatic N) is 1.